The van der Waals surface area contributed by atoms with Gasteiger partial charge in [-0.3, -0.25) is 0 Å². The highest BCUT2D eigenvalue weighted by atomic mass is 35.5. The molecule has 0 radical (unpaired) electrons. The van der Waals surface area contributed by atoms with Crippen molar-refractivity contribution in [1.29, 1.82) is 0 Å². The van der Waals surface area contributed by atoms with E-state index in [0.29, 0.717) is 5.92 Å². The number of hydrogen-bond acceptors (Lipinski definition) is 2. The second kappa shape index (κ2) is 5.58. The lowest BCUT2D eigenvalue weighted by molar-refractivity contribution is 0.646. The van der Waals surface area contributed by atoms with Crippen LogP contribution in [0.15, 0.2) is 30.5 Å². The van der Waals surface area contributed by atoms with Crippen molar-refractivity contribution in [3.05, 3.63) is 46.7 Å². The van der Waals surface area contributed by atoms with Crippen LogP contribution in [-0.4, -0.2) is 15.8 Å². The van der Waals surface area contributed by atoms with Crippen molar-refractivity contribution in [1.82, 2.24) is 9.78 Å². The number of aromatic nitrogens is 2. The third kappa shape index (κ3) is 2.89. The van der Waals surface area contributed by atoms with E-state index in [4.69, 9.17) is 17.3 Å². The van der Waals surface area contributed by atoms with Gasteiger partial charge in [-0.1, -0.05) is 24.6 Å². The third-order valence-corrected chi connectivity index (χ3v) is 4.19. The summed E-state index contributed by atoms with van der Waals surface area (Å²) in [4.78, 5) is 0. The molecular formula is C16H20ClN3. The lowest BCUT2D eigenvalue weighted by Gasteiger charge is -2.11. The summed E-state index contributed by atoms with van der Waals surface area (Å²) in [5.41, 5.74) is 9.29. The van der Waals surface area contributed by atoms with E-state index < -0.39 is 0 Å². The number of nitrogens with two attached hydrogens (primary N) is 1. The van der Waals surface area contributed by atoms with Gasteiger partial charge >= 0.3 is 0 Å². The van der Waals surface area contributed by atoms with E-state index in [-0.39, 0.29) is 6.04 Å². The molecule has 4 heteroatoms. The molecular weight excluding hydrogens is 270 g/mol. The zero-order valence-corrected chi connectivity index (χ0v) is 12.5. The molecule has 1 aromatic carbocycles. The Morgan fingerprint density at radius 2 is 2.20 bits per heavy atom. The van der Waals surface area contributed by atoms with Gasteiger partial charge in [0.1, 0.15) is 0 Å². The second-order valence-electron chi connectivity index (χ2n) is 5.62. The zero-order valence-electron chi connectivity index (χ0n) is 11.7. The first-order valence-corrected chi connectivity index (χ1v) is 7.65. The Morgan fingerprint density at radius 3 is 2.85 bits per heavy atom. The van der Waals surface area contributed by atoms with E-state index in [1.165, 1.54) is 24.1 Å². The third-order valence-electron chi connectivity index (χ3n) is 3.89. The molecule has 0 aliphatic heterocycles. The van der Waals surface area contributed by atoms with E-state index in [1.54, 1.807) is 0 Å². The maximum Gasteiger partial charge on any atom is 0.0832 e. The minimum Gasteiger partial charge on any atom is -0.327 e. The van der Waals surface area contributed by atoms with Crippen LogP contribution in [0.5, 0.6) is 0 Å². The minimum atomic E-state index is 0.197. The van der Waals surface area contributed by atoms with Crippen molar-refractivity contribution < 1.29 is 0 Å². The van der Waals surface area contributed by atoms with Crippen LogP contribution < -0.4 is 5.73 Å². The van der Waals surface area contributed by atoms with E-state index in [2.05, 4.69) is 24.2 Å². The molecule has 1 aliphatic rings. The molecule has 1 fully saturated rings. The van der Waals surface area contributed by atoms with Gasteiger partial charge in [0.05, 0.1) is 16.4 Å². The molecule has 3 nitrogen and oxygen atoms in total. The lowest BCUT2D eigenvalue weighted by atomic mass is 10.0. The van der Waals surface area contributed by atoms with Gasteiger partial charge in [0.2, 0.25) is 0 Å². The van der Waals surface area contributed by atoms with Crippen LogP contribution in [0.4, 0.5) is 0 Å². The maximum atomic E-state index is 6.39. The van der Waals surface area contributed by atoms with Crippen LogP contribution in [0.25, 0.3) is 5.69 Å². The number of halogens is 1. The molecule has 1 heterocycles. The maximum absolute atomic E-state index is 6.39. The minimum absolute atomic E-state index is 0.197. The summed E-state index contributed by atoms with van der Waals surface area (Å²) in [6, 6.07) is 8.42. The van der Waals surface area contributed by atoms with Crippen molar-refractivity contribution in [3.8, 4) is 5.69 Å². The highest BCUT2D eigenvalue weighted by Gasteiger charge is 2.26. The number of hydrogen-bond donors (Lipinski definition) is 1. The van der Waals surface area contributed by atoms with Gasteiger partial charge in [-0.15, -0.1) is 0 Å². The van der Waals surface area contributed by atoms with Crippen LogP contribution in [0.2, 0.25) is 5.02 Å². The molecule has 20 heavy (non-hydrogen) atoms. The van der Waals surface area contributed by atoms with Crippen molar-refractivity contribution >= 4 is 11.6 Å². The largest absolute Gasteiger partial charge is 0.327 e. The van der Waals surface area contributed by atoms with E-state index in [9.17, 15) is 0 Å². The molecule has 1 atom stereocenters. The normalized spacial score (nSPS) is 16.4. The number of rotatable bonds is 5. The first-order valence-electron chi connectivity index (χ1n) is 7.27. The van der Waals surface area contributed by atoms with Crippen molar-refractivity contribution in [2.45, 2.75) is 44.6 Å². The first kappa shape index (κ1) is 13.7. The molecule has 1 aromatic heterocycles. The SMILES string of the molecule is CCC(N)Cc1ccc(-n2ccc(C3CC3)n2)c(Cl)c1. The fourth-order valence-corrected chi connectivity index (χ4v) is 2.67. The molecule has 106 valence electrons. The summed E-state index contributed by atoms with van der Waals surface area (Å²) in [6.45, 7) is 2.10. The molecule has 0 spiro atoms. The molecule has 2 N–H and O–H groups in total. The van der Waals surface area contributed by atoms with Crippen molar-refractivity contribution in [2.75, 3.05) is 0 Å². The Balaban J connectivity index is 1.82. The first-order chi connectivity index (χ1) is 9.67. The molecule has 0 saturated heterocycles. The fraction of sp³-hybridized carbons (Fsp3) is 0.438. The summed E-state index contributed by atoms with van der Waals surface area (Å²) in [6.07, 6.45) is 6.36. The number of benzene rings is 1. The molecule has 0 amide bonds. The predicted octanol–water partition coefficient (Wildman–Crippen LogP) is 3.68. The second-order valence-corrected chi connectivity index (χ2v) is 6.02. The van der Waals surface area contributed by atoms with Crippen molar-refractivity contribution in [2.24, 2.45) is 5.73 Å². The number of nitrogens with zero attached hydrogens (tertiary/aromatic N) is 2. The Labute approximate surface area is 124 Å². The highest BCUT2D eigenvalue weighted by molar-refractivity contribution is 6.32. The van der Waals surface area contributed by atoms with Crippen LogP contribution in [-0.2, 0) is 6.42 Å². The average Bonchev–Trinajstić information content (AvgIpc) is 3.17. The lowest BCUT2D eigenvalue weighted by Crippen LogP contribution is -2.21. The molecule has 2 aromatic rings. The Kier molecular flexibility index (Phi) is 3.81. The van der Waals surface area contributed by atoms with E-state index >= 15 is 0 Å². The van der Waals surface area contributed by atoms with Gasteiger partial charge in [0.15, 0.2) is 0 Å². The highest BCUT2D eigenvalue weighted by Crippen LogP contribution is 2.39. The van der Waals surface area contributed by atoms with Crippen LogP contribution in [0.3, 0.4) is 0 Å². The van der Waals surface area contributed by atoms with Crippen LogP contribution in [0, 0.1) is 0 Å². The molecule has 3 rings (SSSR count). The quantitative estimate of drug-likeness (QED) is 0.912. The summed E-state index contributed by atoms with van der Waals surface area (Å²) in [5.74, 6) is 0.664. The Hall–Kier alpha value is -1.32. The van der Waals surface area contributed by atoms with Gasteiger partial charge in [0.25, 0.3) is 0 Å². The van der Waals surface area contributed by atoms with Gasteiger partial charge in [-0.05, 0) is 49.4 Å². The standard InChI is InChI=1S/C16H20ClN3/c1-2-13(18)9-11-3-6-16(14(17)10-11)20-8-7-15(19-20)12-4-5-12/h3,6-8,10,12-13H,2,4-5,9,18H2,1H3. The summed E-state index contributed by atoms with van der Waals surface area (Å²) >= 11 is 6.39. The van der Waals surface area contributed by atoms with E-state index in [1.807, 2.05) is 23.0 Å². The Bertz CT molecular complexity index is 602. The molecule has 1 unspecified atom stereocenters. The Morgan fingerprint density at radius 1 is 1.40 bits per heavy atom. The van der Waals surface area contributed by atoms with Crippen molar-refractivity contribution in [3.63, 3.8) is 0 Å². The molecule has 1 saturated carbocycles. The monoisotopic (exact) mass is 289 g/mol. The summed E-state index contributed by atoms with van der Waals surface area (Å²) in [7, 11) is 0. The predicted molar refractivity (Wildman–Crippen MR) is 82.5 cm³/mol. The molecule has 1 aliphatic carbocycles. The van der Waals surface area contributed by atoms with Gasteiger partial charge < -0.3 is 5.73 Å². The van der Waals surface area contributed by atoms with Crippen LogP contribution in [0.1, 0.15) is 43.4 Å². The van der Waals surface area contributed by atoms with Gasteiger partial charge in [-0.2, -0.15) is 5.10 Å². The fourth-order valence-electron chi connectivity index (χ4n) is 2.38. The molecule has 0 bridgehead atoms. The van der Waals surface area contributed by atoms with Gasteiger partial charge in [-0.25, -0.2) is 4.68 Å². The summed E-state index contributed by atoms with van der Waals surface area (Å²) < 4.78 is 1.87. The zero-order chi connectivity index (χ0) is 14.1. The van der Waals surface area contributed by atoms with Gasteiger partial charge in [0, 0.05) is 18.2 Å². The van der Waals surface area contributed by atoms with E-state index in [0.717, 1.165) is 23.6 Å². The average molecular weight is 290 g/mol. The summed E-state index contributed by atoms with van der Waals surface area (Å²) in [5, 5.41) is 5.35. The smallest absolute Gasteiger partial charge is 0.0832 e. The topological polar surface area (TPSA) is 43.8 Å². The van der Waals surface area contributed by atoms with Crippen LogP contribution >= 0.6 is 11.6 Å².